The number of halogens is 1. The summed E-state index contributed by atoms with van der Waals surface area (Å²) in [5.74, 6) is 0.661. The van der Waals surface area contributed by atoms with Crippen LogP contribution < -0.4 is 5.32 Å². The standard InChI is InChI=1S/C17H25ClN2O/c1-12(2)19-10-14-5-4-8-20(11-14)17(21)16-9-15(18)7-6-13(16)3/h6-7,9,12,14,19H,4-5,8,10-11H2,1-3H3. The van der Waals surface area contributed by atoms with Gasteiger partial charge in [-0.05, 0) is 49.9 Å². The lowest BCUT2D eigenvalue weighted by Gasteiger charge is -2.33. The minimum absolute atomic E-state index is 0.115. The molecule has 116 valence electrons. The Balaban J connectivity index is 2.03. The molecule has 1 N–H and O–H groups in total. The van der Waals surface area contributed by atoms with Gasteiger partial charge in [0.15, 0.2) is 0 Å². The molecule has 1 heterocycles. The molecule has 1 aliphatic rings. The first kappa shape index (κ1) is 16.3. The highest BCUT2D eigenvalue weighted by Crippen LogP contribution is 2.21. The second-order valence-corrected chi connectivity index (χ2v) is 6.72. The summed E-state index contributed by atoms with van der Waals surface area (Å²) in [6.07, 6.45) is 2.27. The molecule has 1 atom stereocenters. The summed E-state index contributed by atoms with van der Waals surface area (Å²) in [5.41, 5.74) is 1.73. The van der Waals surface area contributed by atoms with Crippen molar-refractivity contribution >= 4 is 17.5 Å². The molecular weight excluding hydrogens is 284 g/mol. The van der Waals surface area contributed by atoms with Gasteiger partial charge in [0.2, 0.25) is 0 Å². The van der Waals surface area contributed by atoms with E-state index in [9.17, 15) is 4.79 Å². The van der Waals surface area contributed by atoms with E-state index < -0.39 is 0 Å². The van der Waals surface area contributed by atoms with E-state index in [0.29, 0.717) is 17.0 Å². The van der Waals surface area contributed by atoms with Gasteiger partial charge in [-0.15, -0.1) is 0 Å². The monoisotopic (exact) mass is 308 g/mol. The highest BCUT2D eigenvalue weighted by atomic mass is 35.5. The Morgan fingerprint density at radius 3 is 2.95 bits per heavy atom. The number of benzene rings is 1. The molecule has 0 radical (unpaired) electrons. The van der Waals surface area contributed by atoms with E-state index in [1.165, 1.54) is 6.42 Å². The molecule has 0 saturated carbocycles. The largest absolute Gasteiger partial charge is 0.338 e. The predicted molar refractivity (Wildman–Crippen MR) is 88.0 cm³/mol. The Hall–Kier alpha value is -1.06. The molecule has 1 aromatic carbocycles. The van der Waals surface area contributed by atoms with Gasteiger partial charge in [-0.2, -0.15) is 0 Å². The molecule has 3 nitrogen and oxygen atoms in total. The zero-order chi connectivity index (χ0) is 15.4. The number of rotatable bonds is 4. The van der Waals surface area contributed by atoms with Crippen LogP contribution >= 0.6 is 11.6 Å². The fourth-order valence-electron chi connectivity index (χ4n) is 2.81. The summed E-state index contributed by atoms with van der Waals surface area (Å²) in [6, 6.07) is 6.03. The topological polar surface area (TPSA) is 32.3 Å². The molecule has 21 heavy (non-hydrogen) atoms. The number of nitrogens with one attached hydrogen (secondary N) is 1. The maximum atomic E-state index is 12.7. The van der Waals surface area contributed by atoms with Crippen LogP contribution in [0.5, 0.6) is 0 Å². The molecular formula is C17H25ClN2O. The summed E-state index contributed by atoms with van der Waals surface area (Å²) in [6.45, 7) is 8.94. The van der Waals surface area contributed by atoms with Crippen molar-refractivity contribution in [1.29, 1.82) is 0 Å². The number of amides is 1. The van der Waals surface area contributed by atoms with Crippen molar-refractivity contribution in [3.05, 3.63) is 34.3 Å². The number of carbonyl (C=O) groups is 1. The summed E-state index contributed by atoms with van der Waals surface area (Å²) in [5, 5.41) is 4.10. The van der Waals surface area contributed by atoms with Crippen molar-refractivity contribution in [3.63, 3.8) is 0 Å². The molecule has 2 rings (SSSR count). The second-order valence-electron chi connectivity index (χ2n) is 6.28. The molecule has 0 aromatic heterocycles. The third-order valence-electron chi connectivity index (χ3n) is 4.05. The average Bonchev–Trinajstić information content (AvgIpc) is 2.47. The van der Waals surface area contributed by atoms with E-state index >= 15 is 0 Å². The molecule has 1 aromatic rings. The number of hydrogen-bond acceptors (Lipinski definition) is 2. The molecule has 1 saturated heterocycles. The summed E-state index contributed by atoms with van der Waals surface area (Å²) in [7, 11) is 0. The molecule has 0 bridgehead atoms. The zero-order valence-electron chi connectivity index (χ0n) is 13.2. The Labute approximate surface area is 132 Å². The third kappa shape index (κ3) is 4.45. The van der Waals surface area contributed by atoms with Crippen molar-refractivity contribution in [1.82, 2.24) is 10.2 Å². The second kappa shape index (κ2) is 7.28. The van der Waals surface area contributed by atoms with Crippen molar-refractivity contribution in [2.24, 2.45) is 5.92 Å². The van der Waals surface area contributed by atoms with Gasteiger partial charge in [-0.3, -0.25) is 4.79 Å². The van der Waals surface area contributed by atoms with Gasteiger partial charge in [0.25, 0.3) is 5.91 Å². The number of nitrogens with zero attached hydrogens (tertiary/aromatic N) is 1. The minimum atomic E-state index is 0.115. The molecule has 0 aliphatic carbocycles. The van der Waals surface area contributed by atoms with Crippen molar-refractivity contribution in [2.75, 3.05) is 19.6 Å². The van der Waals surface area contributed by atoms with Crippen LogP contribution in [0.15, 0.2) is 18.2 Å². The number of hydrogen-bond donors (Lipinski definition) is 1. The predicted octanol–water partition coefficient (Wildman–Crippen LogP) is 3.50. The Kier molecular flexibility index (Phi) is 5.65. The van der Waals surface area contributed by atoms with Gasteiger partial charge in [0.1, 0.15) is 0 Å². The SMILES string of the molecule is Cc1ccc(Cl)cc1C(=O)N1CCCC(CNC(C)C)C1. The van der Waals surface area contributed by atoms with Gasteiger partial charge >= 0.3 is 0 Å². The van der Waals surface area contributed by atoms with E-state index in [4.69, 9.17) is 11.6 Å². The number of likely N-dealkylation sites (tertiary alicyclic amines) is 1. The first-order valence-corrected chi connectivity index (χ1v) is 8.14. The van der Waals surface area contributed by atoms with E-state index in [2.05, 4.69) is 19.2 Å². The van der Waals surface area contributed by atoms with Gasteiger partial charge in [0, 0.05) is 29.7 Å². The normalized spacial score (nSPS) is 19.1. The highest BCUT2D eigenvalue weighted by Gasteiger charge is 2.25. The lowest BCUT2D eigenvalue weighted by molar-refractivity contribution is 0.0671. The van der Waals surface area contributed by atoms with E-state index in [1.807, 2.05) is 24.0 Å². The van der Waals surface area contributed by atoms with Crippen LogP contribution in [0.3, 0.4) is 0 Å². The van der Waals surface area contributed by atoms with Gasteiger partial charge < -0.3 is 10.2 Å². The lowest BCUT2D eigenvalue weighted by atomic mass is 9.96. The zero-order valence-corrected chi connectivity index (χ0v) is 13.9. The van der Waals surface area contributed by atoms with Crippen molar-refractivity contribution in [3.8, 4) is 0 Å². The summed E-state index contributed by atoms with van der Waals surface area (Å²) >= 11 is 6.03. The van der Waals surface area contributed by atoms with Gasteiger partial charge in [-0.25, -0.2) is 0 Å². The number of piperidine rings is 1. The maximum Gasteiger partial charge on any atom is 0.254 e. The van der Waals surface area contributed by atoms with Crippen LogP contribution in [0.1, 0.15) is 42.6 Å². The van der Waals surface area contributed by atoms with Crippen molar-refractivity contribution < 1.29 is 4.79 Å². The average molecular weight is 309 g/mol. The van der Waals surface area contributed by atoms with E-state index in [0.717, 1.165) is 37.2 Å². The molecule has 1 aliphatic heterocycles. The number of carbonyl (C=O) groups excluding carboxylic acids is 1. The minimum Gasteiger partial charge on any atom is -0.338 e. The first-order chi connectivity index (χ1) is 9.97. The molecule has 4 heteroatoms. The fraction of sp³-hybridized carbons (Fsp3) is 0.588. The van der Waals surface area contributed by atoms with Crippen LogP contribution in [0.25, 0.3) is 0 Å². The fourth-order valence-corrected chi connectivity index (χ4v) is 2.99. The quantitative estimate of drug-likeness (QED) is 0.923. The van der Waals surface area contributed by atoms with Crippen LogP contribution in [0, 0.1) is 12.8 Å². The lowest BCUT2D eigenvalue weighted by Crippen LogP contribution is -2.43. The van der Waals surface area contributed by atoms with Crippen LogP contribution in [0.4, 0.5) is 0 Å². The van der Waals surface area contributed by atoms with Crippen LogP contribution in [-0.2, 0) is 0 Å². The van der Waals surface area contributed by atoms with Gasteiger partial charge in [-0.1, -0.05) is 31.5 Å². The molecule has 1 fully saturated rings. The highest BCUT2D eigenvalue weighted by molar-refractivity contribution is 6.31. The van der Waals surface area contributed by atoms with Crippen molar-refractivity contribution in [2.45, 2.75) is 39.7 Å². The first-order valence-electron chi connectivity index (χ1n) is 7.76. The van der Waals surface area contributed by atoms with Crippen LogP contribution in [0.2, 0.25) is 5.02 Å². The third-order valence-corrected chi connectivity index (χ3v) is 4.29. The Morgan fingerprint density at radius 2 is 2.24 bits per heavy atom. The maximum absolute atomic E-state index is 12.7. The molecule has 0 spiro atoms. The van der Waals surface area contributed by atoms with Crippen LogP contribution in [-0.4, -0.2) is 36.5 Å². The smallest absolute Gasteiger partial charge is 0.254 e. The Bertz CT molecular complexity index is 502. The van der Waals surface area contributed by atoms with Gasteiger partial charge in [0.05, 0.1) is 0 Å². The molecule has 1 amide bonds. The number of aryl methyl sites for hydroxylation is 1. The van der Waals surface area contributed by atoms with E-state index in [1.54, 1.807) is 6.07 Å². The van der Waals surface area contributed by atoms with E-state index in [-0.39, 0.29) is 5.91 Å². The summed E-state index contributed by atoms with van der Waals surface area (Å²) < 4.78 is 0. The molecule has 1 unspecified atom stereocenters. The summed E-state index contributed by atoms with van der Waals surface area (Å²) in [4.78, 5) is 14.7. The Morgan fingerprint density at radius 1 is 1.48 bits per heavy atom.